The standard InChI is InChI=1S/C17H25N5/c1-4-18-17(20-13-16-10-11-21-22(16)3)19-12-14(2)15-8-6-5-7-9-15/h5-11,14H,4,12-13H2,1-3H3,(H2,18,19,20). The summed E-state index contributed by atoms with van der Waals surface area (Å²) in [5.74, 6) is 1.27. The second-order valence-corrected chi connectivity index (χ2v) is 5.33. The van der Waals surface area contributed by atoms with Gasteiger partial charge >= 0.3 is 0 Å². The fourth-order valence-corrected chi connectivity index (χ4v) is 2.21. The Balaban J connectivity index is 1.92. The molecule has 0 aliphatic rings. The van der Waals surface area contributed by atoms with Crippen LogP contribution in [0.2, 0.25) is 0 Å². The van der Waals surface area contributed by atoms with Crippen LogP contribution in [-0.2, 0) is 13.6 Å². The number of guanidine groups is 1. The number of nitrogens with zero attached hydrogens (tertiary/aromatic N) is 3. The Morgan fingerprint density at radius 2 is 2.00 bits per heavy atom. The highest BCUT2D eigenvalue weighted by atomic mass is 15.3. The summed E-state index contributed by atoms with van der Waals surface area (Å²) in [5, 5.41) is 10.9. The number of aromatic nitrogens is 2. The summed E-state index contributed by atoms with van der Waals surface area (Å²) >= 11 is 0. The van der Waals surface area contributed by atoms with Crippen LogP contribution in [0.25, 0.3) is 0 Å². The molecule has 0 amide bonds. The summed E-state index contributed by atoms with van der Waals surface area (Å²) in [5.41, 5.74) is 2.42. The van der Waals surface area contributed by atoms with Crippen molar-refractivity contribution in [1.82, 2.24) is 20.4 Å². The lowest BCUT2D eigenvalue weighted by Crippen LogP contribution is -2.39. The van der Waals surface area contributed by atoms with Crippen molar-refractivity contribution in [3.63, 3.8) is 0 Å². The number of aryl methyl sites for hydroxylation is 1. The largest absolute Gasteiger partial charge is 0.357 e. The van der Waals surface area contributed by atoms with E-state index in [4.69, 9.17) is 0 Å². The Hall–Kier alpha value is -2.30. The lowest BCUT2D eigenvalue weighted by Gasteiger charge is -2.16. The van der Waals surface area contributed by atoms with Gasteiger partial charge in [0, 0.05) is 26.3 Å². The Kier molecular flexibility index (Phi) is 6.01. The van der Waals surface area contributed by atoms with Gasteiger partial charge in [0.25, 0.3) is 0 Å². The van der Waals surface area contributed by atoms with Gasteiger partial charge in [0.05, 0.1) is 12.2 Å². The first-order valence-electron chi connectivity index (χ1n) is 7.74. The van der Waals surface area contributed by atoms with Crippen molar-refractivity contribution in [3.8, 4) is 0 Å². The van der Waals surface area contributed by atoms with E-state index in [0.29, 0.717) is 12.5 Å². The van der Waals surface area contributed by atoms with Crippen molar-refractivity contribution in [2.45, 2.75) is 26.3 Å². The van der Waals surface area contributed by atoms with Crippen molar-refractivity contribution in [2.24, 2.45) is 12.0 Å². The quantitative estimate of drug-likeness (QED) is 0.635. The molecule has 5 heteroatoms. The van der Waals surface area contributed by atoms with E-state index in [-0.39, 0.29) is 0 Å². The second-order valence-electron chi connectivity index (χ2n) is 5.33. The molecule has 0 spiro atoms. The van der Waals surface area contributed by atoms with Crippen LogP contribution in [0, 0.1) is 0 Å². The van der Waals surface area contributed by atoms with E-state index in [0.717, 1.165) is 24.7 Å². The number of hydrogen-bond acceptors (Lipinski definition) is 2. The maximum Gasteiger partial charge on any atom is 0.191 e. The number of rotatable bonds is 6. The molecule has 0 saturated heterocycles. The van der Waals surface area contributed by atoms with Crippen molar-refractivity contribution >= 4 is 5.96 Å². The summed E-state index contributed by atoms with van der Waals surface area (Å²) in [6, 6.07) is 12.5. The Morgan fingerprint density at radius 3 is 2.64 bits per heavy atom. The molecular weight excluding hydrogens is 274 g/mol. The highest BCUT2D eigenvalue weighted by molar-refractivity contribution is 5.79. The molecule has 0 saturated carbocycles. The topological polar surface area (TPSA) is 54.2 Å². The Morgan fingerprint density at radius 1 is 1.23 bits per heavy atom. The lowest BCUT2D eigenvalue weighted by atomic mass is 10.0. The molecule has 1 atom stereocenters. The molecule has 22 heavy (non-hydrogen) atoms. The van der Waals surface area contributed by atoms with Crippen LogP contribution in [0.5, 0.6) is 0 Å². The molecule has 1 aromatic carbocycles. The van der Waals surface area contributed by atoms with Gasteiger partial charge in [-0.1, -0.05) is 37.3 Å². The smallest absolute Gasteiger partial charge is 0.191 e. The third-order valence-corrected chi connectivity index (χ3v) is 3.61. The van der Waals surface area contributed by atoms with E-state index in [1.54, 1.807) is 6.20 Å². The van der Waals surface area contributed by atoms with Crippen LogP contribution in [-0.4, -0.2) is 28.8 Å². The van der Waals surface area contributed by atoms with Gasteiger partial charge in [0.2, 0.25) is 0 Å². The van der Waals surface area contributed by atoms with Gasteiger partial charge in [-0.05, 0) is 24.5 Å². The highest BCUT2D eigenvalue weighted by Gasteiger charge is 2.06. The summed E-state index contributed by atoms with van der Waals surface area (Å²) in [6.07, 6.45) is 1.79. The number of benzene rings is 1. The summed E-state index contributed by atoms with van der Waals surface area (Å²) in [7, 11) is 1.93. The maximum atomic E-state index is 4.62. The molecule has 1 aromatic heterocycles. The molecule has 0 aliphatic heterocycles. The molecule has 0 fully saturated rings. The summed E-state index contributed by atoms with van der Waals surface area (Å²) in [6.45, 7) is 6.60. The molecule has 1 heterocycles. The van der Waals surface area contributed by atoms with Gasteiger partial charge in [-0.3, -0.25) is 4.68 Å². The maximum absolute atomic E-state index is 4.62. The van der Waals surface area contributed by atoms with Gasteiger partial charge in [0.15, 0.2) is 5.96 Å². The van der Waals surface area contributed by atoms with Crippen molar-refractivity contribution in [2.75, 3.05) is 13.1 Å². The van der Waals surface area contributed by atoms with Crippen LogP contribution in [0.15, 0.2) is 47.6 Å². The molecule has 2 aromatic rings. The number of hydrogen-bond donors (Lipinski definition) is 2. The van der Waals surface area contributed by atoms with Crippen LogP contribution in [0.3, 0.4) is 0 Å². The van der Waals surface area contributed by atoms with E-state index in [1.807, 2.05) is 23.9 Å². The zero-order valence-electron chi connectivity index (χ0n) is 13.6. The van der Waals surface area contributed by atoms with Crippen molar-refractivity contribution in [1.29, 1.82) is 0 Å². The molecule has 5 nitrogen and oxygen atoms in total. The van der Waals surface area contributed by atoms with Crippen LogP contribution in [0.4, 0.5) is 0 Å². The fourth-order valence-electron chi connectivity index (χ4n) is 2.21. The molecule has 0 bridgehead atoms. The zero-order chi connectivity index (χ0) is 15.8. The fraction of sp³-hybridized carbons (Fsp3) is 0.412. The SMILES string of the molecule is CCNC(=NCc1ccnn1C)NCC(C)c1ccccc1. The molecule has 2 N–H and O–H groups in total. The van der Waals surface area contributed by atoms with Crippen LogP contribution >= 0.6 is 0 Å². The molecular formula is C17H25N5. The molecule has 0 aliphatic carbocycles. The second kappa shape index (κ2) is 8.22. The van der Waals surface area contributed by atoms with Gasteiger partial charge in [-0.25, -0.2) is 4.99 Å². The Bertz CT molecular complexity index is 588. The third-order valence-electron chi connectivity index (χ3n) is 3.61. The van der Waals surface area contributed by atoms with Crippen LogP contribution < -0.4 is 10.6 Å². The van der Waals surface area contributed by atoms with Gasteiger partial charge in [-0.2, -0.15) is 5.10 Å². The predicted octanol–water partition coefficient (Wildman–Crippen LogP) is 2.28. The highest BCUT2D eigenvalue weighted by Crippen LogP contribution is 2.12. The first-order valence-corrected chi connectivity index (χ1v) is 7.74. The summed E-state index contributed by atoms with van der Waals surface area (Å²) < 4.78 is 1.85. The zero-order valence-corrected chi connectivity index (χ0v) is 13.6. The minimum Gasteiger partial charge on any atom is -0.357 e. The minimum absolute atomic E-state index is 0.432. The third kappa shape index (κ3) is 4.62. The van der Waals surface area contributed by atoms with E-state index in [1.165, 1.54) is 5.56 Å². The van der Waals surface area contributed by atoms with E-state index in [2.05, 4.69) is 58.8 Å². The average molecular weight is 299 g/mol. The van der Waals surface area contributed by atoms with Gasteiger partial charge in [0.1, 0.15) is 0 Å². The molecule has 118 valence electrons. The lowest BCUT2D eigenvalue weighted by molar-refractivity contribution is 0.688. The normalized spacial score (nSPS) is 13.0. The Labute approximate surface area is 132 Å². The molecule has 1 unspecified atom stereocenters. The first-order chi connectivity index (χ1) is 10.7. The van der Waals surface area contributed by atoms with Gasteiger partial charge < -0.3 is 10.6 Å². The van der Waals surface area contributed by atoms with Crippen molar-refractivity contribution in [3.05, 3.63) is 53.9 Å². The molecule has 0 radical (unpaired) electrons. The monoisotopic (exact) mass is 299 g/mol. The number of nitrogens with one attached hydrogen (secondary N) is 2. The minimum atomic E-state index is 0.432. The molecule has 2 rings (SSSR count). The number of aliphatic imine (C=N–C) groups is 1. The van der Waals surface area contributed by atoms with Gasteiger partial charge in [-0.15, -0.1) is 0 Å². The van der Waals surface area contributed by atoms with E-state index >= 15 is 0 Å². The first kappa shape index (κ1) is 16.1. The van der Waals surface area contributed by atoms with E-state index in [9.17, 15) is 0 Å². The van der Waals surface area contributed by atoms with Crippen LogP contribution in [0.1, 0.15) is 31.0 Å². The average Bonchev–Trinajstić information content (AvgIpc) is 2.96. The van der Waals surface area contributed by atoms with Crippen molar-refractivity contribution < 1.29 is 0 Å². The van der Waals surface area contributed by atoms with E-state index < -0.39 is 0 Å². The predicted molar refractivity (Wildman–Crippen MR) is 90.9 cm³/mol. The summed E-state index contributed by atoms with van der Waals surface area (Å²) in [4.78, 5) is 4.62.